The molecule has 1 aliphatic heterocycles. The Hall–Kier alpha value is -0.760. The zero-order valence-corrected chi connectivity index (χ0v) is 8.00. The first-order valence-electron chi connectivity index (χ1n) is 3.91. The van der Waals surface area contributed by atoms with Gasteiger partial charge in [0.15, 0.2) is 0 Å². The number of halogens is 1. The van der Waals surface area contributed by atoms with Crippen molar-refractivity contribution < 1.29 is 17.0 Å². The highest BCUT2D eigenvalue weighted by Gasteiger charge is 2.15. The van der Waals surface area contributed by atoms with E-state index in [0.717, 1.165) is 26.2 Å². The van der Waals surface area contributed by atoms with Crippen LogP contribution in [0, 0.1) is 0 Å². The SMILES string of the molecule is C=CCN1C=[N+](CC=C)CC1.[Cl-]. The minimum absolute atomic E-state index is 0. The van der Waals surface area contributed by atoms with Crippen LogP contribution in [0.25, 0.3) is 0 Å². The molecule has 0 aromatic heterocycles. The van der Waals surface area contributed by atoms with Gasteiger partial charge in [0, 0.05) is 0 Å². The third kappa shape index (κ3) is 3.09. The van der Waals surface area contributed by atoms with Crippen molar-refractivity contribution in [2.75, 3.05) is 26.2 Å². The molecule has 2 nitrogen and oxygen atoms in total. The molecule has 0 saturated heterocycles. The van der Waals surface area contributed by atoms with Gasteiger partial charge in [0.05, 0.1) is 0 Å². The Morgan fingerprint density at radius 3 is 2.75 bits per heavy atom. The summed E-state index contributed by atoms with van der Waals surface area (Å²) in [7, 11) is 0. The molecule has 0 radical (unpaired) electrons. The van der Waals surface area contributed by atoms with E-state index in [-0.39, 0.29) is 12.4 Å². The van der Waals surface area contributed by atoms with Crippen molar-refractivity contribution in [1.82, 2.24) is 4.90 Å². The fraction of sp³-hybridized carbons (Fsp3) is 0.444. The van der Waals surface area contributed by atoms with Crippen molar-refractivity contribution in [3.05, 3.63) is 25.3 Å². The van der Waals surface area contributed by atoms with Crippen molar-refractivity contribution in [1.29, 1.82) is 0 Å². The molecule has 0 spiro atoms. The van der Waals surface area contributed by atoms with Crippen LogP contribution < -0.4 is 12.4 Å². The van der Waals surface area contributed by atoms with Crippen LogP contribution in [0.2, 0.25) is 0 Å². The van der Waals surface area contributed by atoms with Gasteiger partial charge in [-0.05, 0) is 0 Å². The molecule has 0 saturated carbocycles. The smallest absolute Gasteiger partial charge is 0.234 e. The molecular weight excluding hydrogens is 172 g/mol. The largest absolute Gasteiger partial charge is 1.00 e. The molecule has 0 aromatic carbocycles. The summed E-state index contributed by atoms with van der Waals surface area (Å²) in [6, 6.07) is 0. The summed E-state index contributed by atoms with van der Waals surface area (Å²) in [5, 5.41) is 0. The highest BCUT2D eigenvalue weighted by molar-refractivity contribution is 5.50. The first-order chi connectivity index (χ1) is 5.36. The van der Waals surface area contributed by atoms with E-state index in [9.17, 15) is 0 Å². The standard InChI is InChI=1S/C9H15N2.ClH/c1-3-5-10-7-8-11(9-10)6-4-2;/h3-4,9H,1-2,5-8H2;1H/q+1;/p-1. The van der Waals surface area contributed by atoms with E-state index in [0.29, 0.717) is 0 Å². The topological polar surface area (TPSA) is 6.25 Å². The van der Waals surface area contributed by atoms with E-state index in [1.54, 1.807) is 0 Å². The van der Waals surface area contributed by atoms with Gasteiger partial charge in [-0.15, -0.1) is 0 Å². The van der Waals surface area contributed by atoms with E-state index >= 15 is 0 Å². The zero-order chi connectivity index (χ0) is 8.10. The highest BCUT2D eigenvalue weighted by atomic mass is 35.5. The maximum atomic E-state index is 3.69. The lowest BCUT2D eigenvalue weighted by Gasteiger charge is -1.99. The predicted molar refractivity (Wildman–Crippen MR) is 48.0 cm³/mol. The van der Waals surface area contributed by atoms with Gasteiger partial charge < -0.3 is 12.4 Å². The highest BCUT2D eigenvalue weighted by Crippen LogP contribution is 1.93. The Labute approximate surface area is 80.3 Å². The van der Waals surface area contributed by atoms with Gasteiger partial charge in [-0.2, -0.15) is 0 Å². The second-order valence-electron chi connectivity index (χ2n) is 2.68. The fourth-order valence-corrected chi connectivity index (χ4v) is 1.21. The molecule has 0 unspecified atom stereocenters. The lowest BCUT2D eigenvalue weighted by atomic mass is 10.5. The Kier molecular flexibility index (Phi) is 5.47. The quantitative estimate of drug-likeness (QED) is 0.354. The Balaban J connectivity index is 0.00000121. The summed E-state index contributed by atoms with van der Waals surface area (Å²) in [4.78, 5) is 2.25. The van der Waals surface area contributed by atoms with Crippen LogP contribution in [0.3, 0.4) is 0 Å². The lowest BCUT2D eigenvalue weighted by molar-refractivity contribution is -0.503. The van der Waals surface area contributed by atoms with Crippen LogP contribution in [0.1, 0.15) is 0 Å². The lowest BCUT2D eigenvalue weighted by Crippen LogP contribution is -3.00. The van der Waals surface area contributed by atoms with Gasteiger partial charge in [-0.3, -0.25) is 9.48 Å². The summed E-state index contributed by atoms with van der Waals surface area (Å²) in [5.41, 5.74) is 0. The molecule has 0 amide bonds. The maximum absolute atomic E-state index is 3.69. The van der Waals surface area contributed by atoms with E-state index in [1.165, 1.54) is 0 Å². The summed E-state index contributed by atoms with van der Waals surface area (Å²) in [6.07, 6.45) is 5.99. The van der Waals surface area contributed by atoms with Gasteiger partial charge in [0.1, 0.15) is 26.2 Å². The number of nitrogens with zero attached hydrogens (tertiary/aromatic N) is 2. The van der Waals surface area contributed by atoms with E-state index in [2.05, 4.69) is 29.0 Å². The van der Waals surface area contributed by atoms with Gasteiger partial charge in [-0.1, -0.05) is 25.3 Å². The molecule has 1 aliphatic rings. The van der Waals surface area contributed by atoms with Crippen LogP contribution in [0.4, 0.5) is 0 Å². The van der Waals surface area contributed by atoms with E-state index < -0.39 is 0 Å². The fourth-order valence-electron chi connectivity index (χ4n) is 1.21. The van der Waals surface area contributed by atoms with Crippen LogP contribution in [0.15, 0.2) is 25.3 Å². The van der Waals surface area contributed by atoms with Crippen molar-refractivity contribution in [2.24, 2.45) is 0 Å². The van der Waals surface area contributed by atoms with Gasteiger partial charge in [0.2, 0.25) is 6.34 Å². The van der Waals surface area contributed by atoms with Crippen LogP contribution in [0.5, 0.6) is 0 Å². The van der Waals surface area contributed by atoms with Crippen molar-refractivity contribution in [3.8, 4) is 0 Å². The Bertz CT molecular complexity index is 187. The van der Waals surface area contributed by atoms with Gasteiger partial charge in [-0.25, -0.2) is 0 Å². The Morgan fingerprint density at radius 2 is 2.17 bits per heavy atom. The zero-order valence-electron chi connectivity index (χ0n) is 7.25. The molecule has 0 bridgehead atoms. The maximum Gasteiger partial charge on any atom is 0.234 e. The number of rotatable bonds is 4. The molecule has 0 atom stereocenters. The Morgan fingerprint density at radius 1 is 1.42 bits per heavy atom. The average Bonchev–Trinajstić information content (AvgIpc) is 2.38. The molecular formula is C9H15ClN2. The molecule has 0 N–H and O–H groups in total. The third-order valence-electron chi connectivity index (χ3n) is 1.73. The van der Waals surface area contributed by atoms with Crippen molar-refractivity contribution in [2.45, 2.75) is 0 Å². The first-order valence-corrected chi connectivity index (χ1v) is 3.91. The number of hydrogen-bond donors (Lipinski definition) is 0. The normalized spacial score (nSPS) is 15.0. The molecule has 1 rings (SSSR count). The molecule has 0 aromatic rings. The molecule has 12 heavy (non-hydrogen) atoms. The third-order valence-corrected chi connectivity index (χ3v) is 1.73. The summed E-state index contributed by atoms with van der Waals surface area (Å²) < 4.78 is 2.25. The van der Waals surface area contributed by atoms with Gasteiger partial charge >= 0.3 is 0 Å². The van der Waals surface area contributed by atoms with E-state index in [1.807, 2.05) is 12.2 Å². The summed E-state index contributed by atoms with van der Waals surface area (Å²) in [5.74, 6) is 0. The van der Waals surface area contributed by atoms with Crippen LogP contribution in [-0.4, -0.2) is 42.0 Å². The number of hydrogen-bond acceptors (Lipinski definition) is 1. The molecule has 0 fully saturated rings. The summed E-state index contributed by atoms with van der Waals surface area (Å²) in [6.45, 7) is 11.5. The summed E-state index contributed by atoms with van der Waals surface area (Å²) >= 11 is 0. The monoisotopic (exact) mass is 186 g/mol. The van der Waals surface area contributed by atoms with Crippen LogP contribution >= 0.6 is 0 Å². The molecule has 0 aliphatic carbocycles. The predicted octanol–water partition coefficient (Wildman–Crippen LogP) is -2.28. The second kappa shape index (κ2) is 5.84. The average molecular weight is 187 g/mol. The minimum Gasteiger partial charge on any atom is -1.00 e. The first kappa shape index (κ1) is 11.2. The van der Waals surface area contributed by atoms with E-state index in [4.69, 9.17) is 0 Å². The molecule has 1 heterocycles. The van der Waals surface area contributed by atoms with Crippen LogP contribution in [-0.2, 0) is 0 Å². The van der Waals surface area contributed by atoms with Gasteiger partial charge in [0.25, 0.3) is 0 Å². The van der Waals surface area contributed by atoms with Crippen molar-refractivity contribution >= 4 is 6.34 Å². The minimum atomic E-state index is 0. The van der Waals surface area contributed by atoms with Crippen molar-refractivity contribution in [3.63, 3.8) is 0 Å². The molecule has 3 heteroatoms. The molecule has 68 valence electrons. The second-order valence-corrected chi connectivity index (χ2v) is 2.68.